The van der Waals surface area contributed by atoms with Gasteiger partial charge in [-0.1, -0.05) is 20.4 Å². The van der Waals surface area contributed by atoms with Gasteiger partial charge in [-0.3, -0.25) is 4.79 Å². The summed E-state index contributed by atoms with van der Waals surface area (Å²) < 4.78 is 15.7. The van der Waals surface area contributed by atoms with Gasteiger partial charge >= 0.3 is 17.9 Å². The highest BCUT2D eigenvalue weighted by Crippen LogP contribution is 2.64. The van der Waals surface area contributed by atoms with E-state index < -0.39 is 24.6 Å². The Morgan fingerprint density at radius 3 is 2.73 bits per heavy atom. The zero-order valence-electron chi connectivity index (χ0n) is 13.0. The summed E-state index contributed by atoms with van der Waals surface area (Å²) >= 11 is 0. The minimum absolute atomic E-state index is 0.0970. The van der Waals surface area contributed by atoms with E-state index in [0.29, 0.717) is 0 Å². The van der Waals surface area contributed by atoms with Crippen LogP contribution in [0, 0.1) is 23.2 Å². The Kier molecular flexibility index (Phi) is 3.30. The molecule has 0 aromatic carbocycles. The van der Waals surface area contributed by atoms with E-state index in [4.69, 9.17) is 14.2 Å². The summed E-state index contributed by atoms with van der Waals surface area (Å²) in [5, 5.41) is 0. The van der Waals surface area contributed by atoms with Crippen molar-refractivity contribution < 1.29 is 28.6 Å². The van der Waals surface area contributed by atoms with Crippen LogP contribution in [0.2, 0.25) is 0 Å². The van der Waals surface area contributed by atoms with E-state index in [1.165, 1.54) is 6.92 Å². The van der Waals surface area contributed by atoms with E-state index in [2.05, 4.69) is 6.58 Å². The monoisotopic (exact) mass is 308 g/mol. The molecule has 120 valence electrons. The molecule has 0 aromatic rings. The number of esters is 3. The summed E-state index contributed by atoms with van der Waals surface area (Å²) in [5.41, 5.74) is -0.0184. The predicted octanol–water partition coefficient (Wildman–Crippen LogP) is 1.23. The summed E-state index contributed by atoms with van der Waals surface area (Å²) in [6, 6.07) is 0. The first-order valence-electron chi connectivity index (χ1n) is 7.46. The van der Waals surface area contributed by atoms with E-state index in [0.717, 1.165) is 6.42 Å². The van der Waals surface area contributed by atoms with E-state index in [1.807, 2.05) is 13.8 Å². The van der Waals surface area contributed by atoms with Crippen molar-refractivity contribution in [3.63, 3.8) is 0 Å². The van der Waals surface area contributed by atoms with Crippen molar-refractivity contribution in [2.75, 3.05) is 6.61 Å². The molecule has 3 rings (SSSR count). The number of hydrogen-bond donors (Lipinski definition) is 0. The molecule has 0 N–H and O–H groups in total. The Hall–Kier alpha value is -1.85. The minimum Gasteiger partial charge on any atom is -0.458 e. The molecular weight excluding hydrogens is 288 g/mol. The van der Waals surface area contributed by atoms with Crippen molar-refractivity contribution in [2.24, 2.45) is 23.2 Å². The zero-order chi connectivity index (χ0) is 16.2. The number of fused-ring (bicyclic) bond motifs is 1. The molecule has 22 heavy (non-hydrogen) atoms. The van der Waals surface area contributed by atoms with E-state index in [-0.39, 0.29) is 40.8 Å². The number of ether oxygens (including phenoxy) is 3. The Morgan fingerprint density at radius 1 is 1.41 bits per heavy atom. The fraction of sp³-hybridized carbons (Fsp3) is 0.688. The molecule has 5 atom stereocenters. The molecule has 1 heterocycles. The molecule has 1 saturated heterocycles. The Morgan fingerprint density at radius 2 is 2.09 bits per heavy atom. The molecule has 5 unspecified atom stereocenters. The third-order valence-electron chi connectivity index (χ3n) is 5.30. The first-order chi connectivity index (χ1) is 10.2. The van der Waals surface area contributed by atoms with Crippen molar-refractivity contribution in [3.05, 3.63) is 12.2 Å². The molecule has 6 heteroatoms. The number of carbonyl (C=O) groups is 3. The van der Waals surface area contributed by atoms with Gasteiger partial charge in [0.25, 0.3) is 0 Å². The molecule has 3 aliphatic rings. The third-order valence-corrected chi connectivity index (χ3v) is 5.30. The molecule has 1 aliphatic heterocycles. The lowest BCUT2D eigenvalue weighted by Crippen LogP contribution is -2.45. The highest BCUT2D eigenvalue weighted by Gasteiger charge is 2.71. The van der Waals surface area contributed by atoms with Crippen LogP contribution in [0.1, 0.15) is 27.2 Å². The minimum atomic E-state index is -0.627. The first-order valence-corrected chi connectivity index (χ1v) is 7.46. The second-order valence-electron chi connectivity index (χ2n) is 7.02. The molecule has 2 saturated carbocycles. The summed E-state index contributed by atoms with van der Waals surface area (Å²) in [6.45, 7) is 8.53. The second kappa shape index (κ2) is 4.83. The topological polar surface area (TPSA) is 78.9 Å². The van der Waals surface area contributed by atoms with Crippen LogP contribution in [0.25, 0.3) is 0 Å². The maximum absolute atomic E-state index is 12.0. The molecule has 0 amide bonds. The summed E-state index contributed by atoms with van der Waals surface area (Å²) in [4.78, 5) is 35.2. The fourth-order valence-corrected chi connectivity index (χ4v) is 4.29. The van der Waals surface area contributed by atoms with E-state index in [1.54, 1.807) is 0 Å². The van der Waals surface area contributed by atoms with Gasteiger partial charge in [-0.2, -0.15) is 0 Å². The molecule has 2 bridgehead atoms. The van der Waals surface area contributed by atoms with E-state index >= 15 is 0 Å². The quantitative estimate of drug-likeness (QED) is 0.441. The maximum Gasteiger partial charge on any atom is 0.344 e. The van der Waals surface area contributed by atoms with Crippen LogP contribution in [0.5, 0.6) is 0 Å². The molecule has 6 nitrogen and oxygen atoms in total. The summed E-state index contributed by atoms with van der Waals surface area (Å²) in [7, 11) is 0. The van der Waals surface area contributed by atoms with Crippen LogP contribution < -0.4 is 0 Å². The van der Waals surface area contributed by atoms with Crippen LogP contribution in [-0.2, 0) is 28.6 Å². The molecule has 0 radical (unpaired) electrons. The SMILES string of the molecule is C=C(C)C(=O)OCC(=O)OC1C2OC(=O)C3C2CC1C3(C)C. The Bertz CT molecular complexity index is 563. The van der Waals surface area contributed by atoms with Gasteiger partial charge in [0.05, 0.1) is 5.92 Å². The zero-order valence-corrected chi connectivity index (χ0v) is 13.0. The lowest BCUT2D eigenvalue weighted by atomic mass is 9.68. The van der Waals surface area contributed by atoms with Crippen LogP contribution in [0.3, 0.4) is 0 Å². The van der Waals surface area contributed by atoms with Gasteiger partial charge in [0.2, 0.25) is 0 Å². The number of hydrogen-bond acceptors (Lipinski definition) is 6. The number of rotatable bonds is 4. The van der Waals surface area contributed by atoms with Crippen molar-refractivity contribution in [1.82, 2.24) is 0 Å². The molecule has 2 aliphatic carbocycles. The molecule has 3 fully saturated rings. The molecule has 0 aromatic heterocycles. The van der Waals surface area contributed by atoms with Gasteiger partial charge in [0.1, 0.15) is 12.2 Å². The average molecular weight is 308 g/mol. The van der Waals surface area contributed by atoms with Gasteiger partial charge in [0.15, 0.2) is 6.61 Å². The highest BCUT2D eigenvalue weighted by molar-refractivity contribution is 5.88. The van der Waals surface area contributed by atoms with Gasteiger partial charge in [-0.25, -0.2) is 9.59 Å². The lowest BCUT2D eigenvalue weighted by molar-refractivity contribution is -0.170. The van der Waals surface area contributed by atoms with Crippen LogP contribution in [0.4, 0.5) is 0 Å². The standard InChI is InChI=1S/C16H20O6/c1-7(2)14(18)20-6-10(17)21-13-9-5-8-11(16(9,3)4)15(19)22-12(8)13/h8-9,11-13H,1,5-6H2,2-4H3. The van der Waals surface area contributed by atoms with Gasteiger partial charge in [0, 0.05) is 17.4 Å². The van der Waals surface area contributed by atoms with Crippen LogP contribution >= 0.6 is 0 Å². The van der Waals surface area contributed by atoms with Gasteiger partial charge in [-0.05, 0) is 18.8 Å². The average Bonchev–Trinajstić information content (AvgIpc) is 2.99. The highest BCUT2D eigenvalue weighted by atomic mass is 16.6. The van der Waals surface area contributed by atoms with Crippen molar-refractivity contribution in [1.29, 1.82) is 0 Å². The van der Waals surface area contributed by atoms with E-state index in [9.17, 15) is 14.4 Å². The lowest BCUT2D eigenvalue weighted by Gasteiger charge is -2.37. The second-order valence-corrected chi connectivity index (χ2v) is 7.02. The van der Waals surface area contributed by atoms with Crippen molar-refractivity contribution in [3.8, 4) is 0 Å². The largest absolute Gasteiger partial charge is 0.458 e. The smallest absolute Gasteiger partial charge is 0.344 e. The first kappa shape index (κ1) is 15.1. The fourth-order valence-electron chi connectivity index (χ4n) is 4.29. The van der Waals surface area contributed by atoms with Crippen LogP contribution in [0.15, 0.2) is 12.2 Å². The van der Waals surface area contributed by atoms with Crippen molar-refractivity contribution in [2.45, 2.75) is 39.4 Å². The predicted molar refractivity (Wildman–Crippen MR) is 74.4 cm³/mol. The van der Waals surface area contributed by atoms with Gasteiger partial charge in [-0.15, -0.1) is 0 Å². The summed E-state index contributed by atoms with van der Waals surface area (Å²) in [6.07, 6.45) is 0.0347. The van der Waals surface area contributed by atoms with Crippen molar-refractivity contribution >= 4 is 17.9 Å². The van der Waals surface area contributed by atoms with Gasteiger partial charge < -0.3 is 14.2 Å². The number of carbonyl (C=O) groups excluding carboxylic acids is 3. The maximum atomic E-state index is 12.0. The van der Waals surface area contributed by atoms with Crippen LogP contribution in [-0.4, -0.2) is 36.7 Å². The summed E-state index contributed by atoms with van der Waals surface area (Å²) in [5.74, 6) is -1.31. The third kappa shape index (κ3) is 2.04. The molecule has 0 spiro atoms. The Balaban J connectivity index is 1.65. The normalized spacial score (nSPS) is 36.9. The Labute approximate surface area is 128 Å². The molecular formula is C16H20O6.